The first-order valence-corrected chi connectivity index (χ1v) is 11.0. The fraction of sp³-hybridized carbons (Fsp3) is 0.125. The van der Waals surface area contributed by atoms with E-state index in [9.17, 15) is 8.42 Å². The van der Waals surface area contributed by atoms with Gasteiger partial charge in [0.1, 0.15) is 5.84 Å². The Hall–Kier alpha value is -3.38. The van der Waals surface area contributed by atoms with Crippen LogP contribution < -0.4 is 0 Å². The lowest BCUT2D eigenvalue weighted by Gasteiger charge is -2.30. The fourth-order valence-electron chi connectivity index (χ4n) is 3.05. The van der Waals surface area contributed by atoms with Gasteiger partial charge in [0, 0.05) is 20.1 Å². The molecule has 5 nitrogen and oxygen atoms in total. The number of hydrogen-bond acceptors (Lipinski definition) is 3. The number of rotatable bonds is 8. The zero-order chi connectivity index (χ0) is 21.6. The van der Waals surface area contributed by atoms with E-state index in [-0.39, 0.29) is 16.4 Å². The summed E-state index contributed by atoms with van der Waals surface area (Å²) in [5.41, 5.74) is 2.17. The Bertz CT molecular complexity index is 1060. The maximum absolute atomic E-state index is 13.0. The van der Waals surface area contributed by atoms with Crippen LogP contribution in [0.15, 0.2) is 108 Å². The third-order valence-electron chi connectivity index (χ3n) is 4.80. The summed E-state index contributed by atoms with van der Waals surface area (Å²) in [6.07, 6.45) is 0. The van der Waals surface area contributed by atoms with Gasteiger partial charge in [-0.15, -0.1) is 0 Å². The molecule has 3 aromatic carbocycles. The summed E-state index contributed by atoms with van der Waals surface area (Å²) in [4.78, 5) is 1.99. The predicted octanol–water partition coefficient (Wildman–Crippen LogP) is 4.50. The van der Waals surface area contributed by atoms with Gasteiger partial charge in [0.05, 0.1) is 10.6 Å². The molecule has 0 atom stereocenters. The summed E-state index contributed by atoms with van der Waals surface area (Å²) in [5, 5.41) is 8.74. The van der Waals surface area contributed by atoms with E-state index in [1.54, 1.807) is 18.2 Å². The highest BCUT2D eigenvalue weighted by molar-refractivity contribution is 7.89. The number of amidine groups is 1. The van der Waals surface area contributed by atoms with Gasteiger partial charge in [-0.25, -0.2) is 8.42 Å². The molecule has 3 aromatic rings. The summed E-state index contributed by atoms with van der Waals surface area (Å²) in [5.74, 6) is 0.0599. The van der Waals surface area contributed by atoms with Crippen molar-refractivity contribution in [2.24, 2.45) is 0 Å². The van der Waals surface area contributed by atoms with Gasteiger partial charge in [-0.1, -0.05) is 85.4 Å². The number of nitrogens with zero attached hydrogens (tertiary/aromatic N) is 2. The zero-order valence-electron chi connectivity index (χ0n) is 16.9. The van der Waals surface area contributed by atoms with Gasteiger partial charge in [-0.05, 0) is 23.3 Å². The number of likely N-dealkylation sites (N-methyl/N-ethyl adjacent to an activating group) is 1. The van der Waals surface area contributed by atoms with E-state index in [0.29, 0.717) is 13.1 Å². The molecule has 0 saturated carbocycles. The van der Waals surface area contributed by atoms with Crippen molar-refractivity contribution in [1.82, 2.24) is 9.21 Å². The first-order chi connectivity index (χ1) is 14.4. The largest absolute Gasteiger partial charge is 0.347 e. The van der Waals surface area contributed by atoms with Crippen molar-refractivity contribution >= 4 is 15.9 Å². The Labute approximate surface area is 178 Å². The molecule has 0 unspecified atom stereocenters. The van der Waals surface area contributed by atoms with Crippen LogP contribution in [-0.4, -0.2) is 30.5 Å². The Balaban J connectivity index is 1.86. The molecule has 0 saturated heterocycles. The normalized spacial score (nSPS) is 11.0. The fourth-order valence-corrected chi connectivity index (χ4v) is 4.24. The van der Waals surface area contributed by atoms with Gasteiger partial charge >= 0.3 is 0 Å². The van der Waals surface area contributed by atoms with E-state index < -0.39 is 10.0 Å². The lowest BCUT2D eigenvalue weighted by atomic mass is 10.1. The maximum atomic E-state index is 13.0. The van der Waals surface area contributed by atoms with Crippen LogP contribution in [0.3, 0.4) is 0 Å². The second-order valence-corrected chi connectivity index (χ2v) is 8.88. The zero-order valence-corrected chi connectivity index (χ0v) is 17.7. The topological polar surface area (TPSA) is 64.5 Å². The van der Waals surface area contributed by atoms with Crippen molar-refractivity contribution in [3.63, 3.8) is 0 Å². The van der Waals surface area contributed by atoms with Gasteiger partial charge in [0.25, 0.3) is 10.0 Å². The summed E-state index contributed by atoms with van der Waals surface area (Å²) in [6.45, 7) is 4.86. The van der Waals surface area contributed by atoms with Crippen molar-refractivity contribution in [2.45, 2.75) is 18.0 Å². The van der Waals surface area contributed by atoms with Gasteiger partial charge < -0.3 is 4.90 Å². The van der Waals surface area contributed by atoms with Gasteiger partial charge in [-0.2, -0.15) is 0 Å². The number of nitrogens with one attached hydrogen (secondary N) is 1. The Morgan fingerprint density at radius 3 is 1.63 bits per heavy atom. The molecule has 0 heterocycles. The van der Waals surface area contributed by atoms with E-state index in [4.69, 9.17) is 5.41 Å². The number of sulfonamides is 1. The minimum absolute atomic E-state index is 0.0599. The van der Waals surface area contributed by atoms with E-state index in [2.05, 4.69) is 6.58 Å². The molecule has 30 heavy (non-hydrogen) atoms. The average molecular weight is 420 g/mol. The summed E-state index contributed by atoms with van der Waals surface area (Å²) in [7, 11) is -2.36. The molecule has 0 bridgehead atoms. The van der Waals surface area contributed by atoms with Crippen LogP contribution in [0.4, 0.5) is 0 Å². The predicted molar refractivity (Wildman–Crippen MR) is 120 cm³/mol. The highest BCUT2D eigenvalue weighted by atomic mass is 32.2. The molecule has 0 aliphatic carbocycles. The number of hydrogen-bond donors (Lipinski definition) is 1. The molecule has 0 spiro atoms. The molecule has 0 aliphatic rings. The Morgan fingerprint density at radius 1 is 0.800 bits per heavy atom. The van der Waals surface area contributed by atoms with Crippen LogP contribution in [-0.2, 0) is 23.1 Å². The molecular formula is C24H25N3O2S. The van der Waals surface area contributed by atoms with Crippen molar-refractivity contribution in [3.05, 3.63) is 114 Å². The van der Waals surface area contributed by atoms with Crippen molar-refractivity contribution in [2.75, 3.05) is 7.05 Å². The summed E-state index contributed by atoms with van der Waals surface area (Å²) >= 11 is 0. The smallest absolute Gasteiger partial charge is 0.264 e. The van der Waals surface area contributed by atoms with Crippen LogP contribution in [0.1, 0.15) is 11.1 Å². The highest BCUT2D eigenvalue weighted by Gasteiger charge is 2.26. The molecule has 6 heteroatoms. The molecule has 0 fully saturated rings. The van der Waals surface area contributed by atoms with Gasteiger partial charge in [-0.3, -0.25) is 9.71 Å². The van der Waals surface area contributed by atoms with E-state index >= 15 is 0 Å². The van der Waals surface area contributed by atoms with E-state index in [0.717, 1.165) is 15.4 Å². The Kier molecular flexibility index (Phi) is 6.69. The molecule has 3 rings (SSSR count). The molecule has 0 aliphatic heterocycles. The third-order valence-corrected chi connectivity index (χ3v) is 6.61. The maximum Gasteiger partial charge on any atom is 0.264 e. The molecular weight excluding hydrogens is 394 g/mol. The molecule has 154 valence electrons. The first kappa shape index (κ1) is 21.3. The quantitative estimate of drug-likeness (QED) is 0.432. The second-order valence-electron chi connectivity index (χ2n) is 6.91. The highest BCUT2D eigenvalue weighted by Crippen LogP contribution is 2.20. The lowest BCUT2D eigenvalue weighted by Crippen LogP contribution is -2.38. The van der Waals surface area contributed by atoms with Crippen LogP contribution in [0.2, 0.25) is 0 Å². The van der Waals surface area contributed by atoms with E-state index in [1.165, 1.54) is 19.2 Å². The summed E-state index contributed by atoms with van der Waals surface area (Å²) in [6, 6.07) is 27.8. The minimum Gasteiger partial charge on any atom is -0.347 e. The van der Waals surface area contributed by atoms with E-state index in [1.807, 2.05) is 65.6 Å². The third kappa shape index (κ3) is 4.96. The SMILES string of the molecule is C=C(C(=N)N(Cc1ccccc1)Cc1ccccc1)N(C)S(=O)(=O)c1ccccc1. The van der Waals surface area contributed by atoms with Crippen LogP contribution in [0, 0.1) is 5.41 Å². The second kappa shape index (κ2) is 9.41. The monoisotopic (exact) mass is 419 g/mol. The van der Waals surface area contributed by atoms with Gasteiger partial charge in [0.2, 0.25) is 0 Å². The molecule has 0 amide bonds. The van der Waals surface area contributed by atoms with Crippen LogP contribution in [0.25, 0.3) is 0 Å². The van der Waals surface area contributed by atoms with Crippen molar-refractivity contribution in [1.29, 1.82) is 5.41 Å². The standard InChI is InChI=1S/C24H25N3O2S/c1-20(26(2)30(28,29)23-16-10-5-11-17-23)24(25)27(18-21-12-6-3-7-13-21)19-22-14-8-4-9-15-22/h3-17,25H,1,18-19H2,2H3. The molecule has 0 aromatic heterocycles. The average Bonchev–Trinajstić information content (AvgIpc) is 2.79. The van der Waals surface area contributed by atoms with Crippen molar-refractivity contribution in [3.8, 4) is 0 Å². The first-order valence-electron chi connectivity index (χ1n) is 9.54. The number of benzene rings is 3. The molecule has 0 radical (unpaired) electrons. The Morgan fingerprint density at radius 2 is 1.20 bits per heavy atom. The van der Waals surface area contributed by atoms with Crippen LogP contribution >= 0.6 is 0 Å². The lowest BCUT2D eigenvalue weighted by molar-refractivity contribution is 0.396. The van der Waals surface area contributed by atoms with Crippen LogP contribution in [0.5, 0.6) is 0 Å². The molecule has 1 N–H and O–H groups in total. The minimum atomic E-state index is -3.80. The summed E-state index contributed by atoms with van der Waals surface area (Å²) < 4.78 is 27.0. The van der Waals surface area contributed by atoms with Gasteiger partial charge in [0.15, 0.2) is 0 Å². The van der Waals surface area contributed by atoms with Crippen molar-refractivity contribution < 1.29 is 8.42 Å².